The molecule has 0 saturated carbocycles. The summed E-state index contributed by atoms with van der Waals surface area (Å²) in [4.78, 5) is 32.8. The number of nitrogens with one attached hydrogen (secondary N) is 1. The Labute approximate surface area is 212 Å². The Kier molecular flexibility index (Phi) is 9.15. The molecule has 0 saturated heterocycles. The predicted molar refractivity (Wildman–Crippen MR) is 140 cm³/mol. The molecule has 3 rings (SSSR count). The smallest absolute Gasteiger partial charge is 0.258 e. The molecule has 7 nitrogen and oxygen atoms in total. The third-order valence-corrected chi connectivity index (χ3v) is 6.60. The van der Waals surface area contributed by atoms with Crippen molar-refractivity contribution in [2.45, 2.75) is 72.1 Å². The summed E-state index contributed by atoms with van der Waals surface area (Å²) in [5.41, 5.74) is 1.65. The number of nitrogens with zero attached hydrogens (tertiary/aromatic N) is 3. The summed E-state index contributed by atoms with van der Waals surface area (Å²) < 4.78 is 7.48. The van der Waals surface area contributed by atoms with Gasteiger partial charge in [0.2, 0.25) is 5.91 Å². The topological polar surface area (TPSA) is 76.5 Å². The largest absolute Gasteiger partial charge is 0.484 e. The molecule has 35 heavy (non-hydrogen) atoms. The first-order valence-electron chi connectivity index (χ1n) is 12.2. The molecule has 0 aliphatic rings. The van der Waals surface area contributed by atoms with Gasteiger partial charge in [-0.05, 0) is 70.0 Å². The molecule has 3 aromatic rings. The Morgan fingerprint density at radius 1 is 1.03 bits per heavy atom. The van der Waals surface area contributed by atoms with Crippen LogP contribution >= 0.6 is 11.6 Å². The van der Waals surface area contributed by atoms with Gasteiger partial charge < -0.3 is 19.5 Å². The maximum atomic E-state index is 13.5. The van der Waals surface area contributed by atoms with E-state index in [1.165, 1.54) is 0 Å². The molecule has 0 radical (unpaired) electrons. The van der Waals surface area contributed by atoms with Gasteiger partial charge in [-0.25, -0.2) is 4.98 Å². The van der Waals surface area contributed by atoms with Crippen molar-refractivity contribution >= 4 is 34.4 Å². The van der Waals surface area contributed by atoms with E-state index in [0.717, 1.165) is 23.9 Å². The Bertz CT molecular complexity index is 1140. The number of benzene rings is 2. The van der Waals surface area contributed by atoms with Crippen LogP contribution < -0.4 is 10.1 Å². The minimum absolute atomic E-state index is 0.0442. The molecule has 1 aromatic heterocycles. The van der Waals surface area contributed by atoms with Gasteiger partial charge in [-0.1, -0.05) is 37.6 Å². The lowest BCUT2D eigenvalue weighted by Gasteiger charge is -2.34. The minimum atomic E-state index is -0.419. The zero-order valence-corrected chi connectivity index (χ0v) is 21.9. The number of hydrogen-bond donors (Lipinski definition) is 1. The van der Waals surface area contributed by atoms with E-state index in [0.29, 0.717) is 16.6 Å². The minimum Gasteiger partial charge on any atom is -0.484 e. The summed E-state index contributed by atoms with van der Waals surface area (Å²) in [6.45, 7) is 10.2. The monoisotopic (exact) mass is 498 g/mol. The van der Waals surface area contributed by atoms with E-state index in [-0.39, 0.29) is 37.0 Å². The standard InChI is InChI=1S/C27H35ClN4O3/c1-6-18(3)32(19(4)7-2)26(34)16-31-24-11-9-8-10-23(24)30-27(31)20(5)29-25(33)17-35-22-14-12-21(28)13-15-22/h8-15,18-20H,6-7,16-17H2,1-5H3,(H,29,33). The zero-order chi connectivity index (χ0) is 25.5. The number of carbonyl (C=O) groups excluding carboxylic acids is 2. The summed E-state index contributed by atoms with van der Waals surface area (Å²) in [5.74, 6) is 0.957. The van der Waals surface area contributed by atoms with Crippen molar-refractivity contribution in [2.24, 2.45) is 0 Å². The summed E-state index contributed by atoms with van der Waals surface area (Å²) in [6, 6.07) is 14.4. The fourth-order valence-electron chi connectivity index (χ4n) is 4.15. The maximum Gasteiger partial charge on any atom is 0.258 e. The molecule has 1 N–H and O–H groups in total. The molecule has 0 spiro atoms. The SMILES string of the molecule is CCC(C)N(C(=O)Cn1c(C(C)NC(=O)COc2ccc(Cl)cc2)nc2ccccc21)C(C)CC. The van der Waals surface area contributed by atoms with Crippen LogP contribution in [0, 0.1) is 0 Å². The number of ether oxygens (including phenoxy) is 1. The molecule has 0 aliphatic heterocycles. The van der Waals surface area contributed by atoms with Gasteiger partial charge in [-0.15, -0.1) is 0 Å². The molecule has 0 bridgehead atoms. The third-order valence-electron chi connectivity index (χ3n) is 6.35. The summed E-state index contributed by atoms with van der Waals surface area (Å²) >= 11 is 5.89. The summed E-state index contributed by atoms with van der Waals surface area (Å²) in [7, 11) is 0. The van der Waals surface area contributed by atoms with Crippen molar-refractivity contribution in [3.05, 3.63) is 59.4 Å². The Morgan fingerprint density at radius 3 is 2.29 bits per heavy atom. The second-order valence-electron chi connectivity index (χ2n) is 8.89. The van der Waals surface area contributed by atoms with Gasteiger partial charge in [0.05, 0.1) is 17.1 Å². The van der Waals surface area contributed by atoms with Gasteiger partial charge in [0.25, 0.3) is 5.91 Å². The van der Waals surface area contributed by atoms with E-state index in [9.17, 15) is 9.59 Å². The Hall–Kier alpha value is -3.06. The number of carbonyl (C=O) groups is 2. The average molecular weight is 499 g/mol. The molecular weight excluding hydrogens is 464 g/mol. The molecule has 0 fully saturated rings. The van der Waals surface area contributed by atoms with Crippen LogP contribution in [0.4, 0.5) is 0 Å². The lowest BCUT2D eigenvalue weighted by Crippen LogP contribution is -2.46. The second-order valence-corrected chi connectivity index (χ2v) is 9.33. The van der Waals surface area contributed by atoms with Gasteiger partial charge in [-0.3, -0.25) is 9.59 Å². The van der Waals surface area contributed by atoms with E-state index in [2.05, 4.69) is 33.0 Å². The number of para-hydroxylation sites is 2. The van der Waals surface area contributed by atoms with E-state index < -0.39 is 6.04 Å². The molecule has 188 valence electrons. The quantitative estimate of drug-likeness (QED) is 0.385. The Balaban J connectivity index is 1.79. The number of halogens is 1. The number of aromatic nitrogens is 2. The van der Waals surface area contributed by atoms with Crippen LogP contribution in [-0.4, -0.2) is 45.0 Å². The van der Waals surface area contributed by atoms with Crippen molar-refractivity contribution in [3.8, 4) is 5.75 Å². The van der Waals surface area contributed by atoms with E-state index in [1.807, 2.05) is 40.7 Å². The van der Waals surface area contributed by atoms with Crippen LogP contribution in [0.5, 0.6) is 5.75 Å². The molecule has 3 atom stereocenters. The lowest BCUT2D eigenvalue weighted by molar-refractivity contribution is -0.136. The van der Waals surface area contributed by atoms with Crippen LogP contribution in [0.25, 0.3) is 11.0 Å². The summed E-state index contributed by atoms with van der Waals surface area (Å²) in [6.07, 6.45) is 1.77. The molecule has 3 unspecified atom stereocenters. The first kappa shape index (κ1) is 26.5. The van der Waals surface area contributed by atoms with Crippen molar-refractivity contribution in [3.63, 3.8) is 0 Å². The molecule has 2 amide bonds. The average Bonchev–Trinajstić information content (AvgIpc) is 3.22. The van der Waals surface area contributed by atoms with Gasteiger partial charge >= 0.3 is 0 Å². The van der Waals surface area contributed by atoms with Crippen molar-refractivity contribution in [1.82, 2.24) is 19.8 Å². The number of amides is 2. The Morgan fingerprint density at radius 2 is 1.66 bits per heavy atom. The number of fused-ring (bicyclic) bond motifs is 1. The van der Waals surface area contributed by atoms with Crippen molar-refractivity contribution in [1.29, 1.82) is 0 Å². The van der Waals surface area contributed by atoms with Crippen molar-refractivity contribution in [2.75, 3.05) is 6.61 Å². The summed E-state index contributed by atoms with van der Waals surface area (Å²) in [5, 5.41) is 3.55. The normalized spacial score (nSPS) is 13.8. The lowest BCUT2D eigenvalue weighted by atomic mass is 10.1. The van der Waals surface area contributed by atoms with Crippen LogP contribution in [0.2, 0.25) is 5.02 Å². The third kappa shape index (κ3) is 6.54. The molecule has 1 heterocycles. The molecular formula is C27H35ClN4O3. The van der Waals surface area contributed by atoms with E-state index >= 15 is 0 Å². The first-order valence-corrected chi connectivity index (χ1v) is 12.6. The fourth-order valence-corrected chi connectivity index (χ4v) is 4.28. The van der Waals surface area contributed by atoms with Gasteiger partial charge in [0, 0.05) is 17.1 Å². The fraction of sp³-hybridized carbons (Fsp3) is 0.444. The second kappa shape index (κ2) is 12.1. The highest BCUT2D eigenvalue weighted by molar-refractivity contribution is 6.30. The number of imidazole rings is 1. The highest BCUT2D eigenvalue weighted by Gasteiger charge is 2.26. The van der Waals surface area contributed by atoms with Gasteiger partial charge in [0.15, 0.2) is 6.61 Å². The van der Waals surface area contributed by atoms with Crippen LogP contribution in [0.3, 0.4) is 0 Å². The van der Waals surface area contributed by atoms with Crippen LogP contribution in [-0.2, 0) is 16.1 Å². The highest BCUT2D eigenvalue weighted by atomic mass is 35.5. The van der Waals surface area contributed by atoms with Gasteiger partial charge in [0.1, 0.15) is 18.1 Å². The van der Waals surface area contributed by atoms with E-state index in [1.54, 1.807) is 24.3 Å². The van der Waals surface area contributed by atoms with Crippen LogP contribution in [0.1, 0.15) is 59.3 Å². The first-order chi connectivity index (χ1) is 16.7. The predicted octanol–water partition coefficient (Wildman–Crippen LogP) is 5.37. The highest BCUT2D eigenvalue weighted by Crippen LogP contribution is 2.23. The maximum absolute atomic E-state index is 13.5. The number of rotatable bonds is 11. The zero-order valence-electron chi connectivity index (χ0n) is 21.1. The van der Waals surface area contributed by atoms with E-state index in [4.69, 9.17) is 21.3 Å². The molecule has 0 aliphatic carbocycles. The number of hydrogen-bond acceptors (Lipinski definition) is 4. The molecule has 8 heteroatoms. The molecule has 2 aromatic carbocycles. The van der Waals surface area contributed by atoms with Gasteiger partial charge in [-0.2, -0.15) is 0 Å². The van der Waals surface area contributed by atoms with Crippen molar-refractivity contribution < 1.29 is 14.3 Å². The van der Waals surface area contributed by atoms with Crippen LogP contribution in [0.15, 0.2) is 48.5 Å².